The third kappa shape index (κ3) is 5.62. The topological polar surface area (TPSA) is 18.5 Å². The van der Waals surface area contributed by atoms with Crippen molar-refractivity contribution >= 4 is 6.08 Å². The second-order valence-electron chi connectivity index (χ2n) is 6.22. The monoisotopic (exact) mass is 287 g/mol. The van der Waals surface area contributed by atoms with Gasteiger partial charge in [0, 0.05) is 45.3 Å². The summed E-state index contributed by atoms with van der Waals surface area (Å²) in [6, 6.07) is 11.1. The molecular weight excluding hydrogens is 258 g/mol. The summed E-state index contributed by atoms with van der Waals surface area (Å²) >= 11 is 0. The molecule has 1 atom stereocenters. The van der Waals surface area contributed by atoms with Crippen molar-refractivity contribution in [2.24, 2.45) is 0 Å². The summed E-state index contributed by atoms with van der Waals surface area (Å²) in [4.78, 5) is 4.99. The predicted octanol–water partition coefficient (Wildman–Crippen LogP) is 2.32. The summed E-state index contributed by atoms with van der Waals surface area (Å²) in [5.41, 5.74) is 2.66. The van der Waals surface area contributed by atoms with Crippen LogP contribution in [0.3, 0.4) is 0 Å². The van der Waals surface area contributed by atoms with Crippen molar-refractivity contribution in [2.75, 3.05) is 46.3 Å². The van der Waals surface area contributed by atoms with Gasteiger partial charge in [0.1, 0.15) is 0 Å². The zero-order chi connectivity index (χ0) is 15.1. The summed E-state index contributed by atoms with van der Waals surface area (Å²) in [5.74, 6) is 0. The van der Waals surface area contributed by atoms with Crippen LogP contribution in [0.25, 0.3) is 6.08 Å². The predicted molar refractivity (Wildman–Crippen MR) is 91.5 cm³/mol. The van der Waals surface area contributed by atoms with E-state index in [2.05, 4.69) is 72.4 Å². The second-order valence-corrected chi connectivity index (χ2v) is 6.22. The third-order valence-corrected chi connectivity index (χ3v) is 4.22. The van der Waals surface area contributed by atoms with E-state index >= 15 is 0 Å². The summed E-state index contributed by atoms with van der Waals surface area (Å²) < 4.78 is 0. The van der Waals surface area contributed by atoms with Crippen LogP contribution in [0.1, 0.15) is 19.4 Å². The zero-order valence-corrected chi connectivity index (χ0v) is 13.7. The van der Waals surface area contributed by atoms with Crippen LogP contribution in [-0.4, -0.2) is 62.2 Å². The number of rotatable bonds is 6. The van der Waals surface area contributed by atoms with Crippen molar-refractivity contribution in [1.82, 2.24) is 15.1 Å². The Hall–Kier alpha value is -1.16. The molecule has 0 radical (unpaired) electrons. The maximum atomic E-state index is 3.59. The molecule has 2 rings (SSSR count). The Morgan fingerprint density at radius 2 is 1.86 bits per heavy atom. The molecule has 0 saturated carbocycles. The lowest BCUT2D eigenvalue weighted by Crippen LogP contribution is -2.50. The number of nitrogens with zero attached hydrogens (tertiary/aromatic N) is 2. The fourth-order valence-corrected chi connectivity index (χ4v) is 2.75. The highest BCUT2D eigenvalue weighted by Crippen LogP contribution is 2.06. The minimum atomic E-state index is 0.614. The fourth-order valence-electron chi connectivity index (χ4n) is 2.75. The van der Waals surface area contributed by atoms with Crippen molar-refractivity contribution in [2.45, 2.75) is 19.9 Å². The lowest BCUT2D eigenvalue weighted by molar-refractivity contribution is 0.118. The van der Waals surface area contributed by atoms with Gasteiger partial charge in [-0.2, -0.15) is 0 Å². The van der Waals surface area contributed by atoms with Gasteiger partial charge in [-0.15, -0.1) is 0 Å². The van der Waals surface area contributed by atoms with Crippen LogP contribution in [0.2, 0.25) is 0 Å². The van der Waals surface area contributed by atoms with Gasteiger partial charge in [0.25, 0.3) is 0 Å². The van der Waals surface area contributed by atoms with Crippen LogP contribution in [0.15, 0.2) is 35.9 Å². The van der Waals surface area contributed by atoms with E-state index in [1.54, 1.807) is 0 Å². The Kier molecular flexibility index (Phi) is 6.43. The summed E-state index contributed by atoms with van der Waals surface area (Å²) in [5, 5.41) is 3.59. The van der Waals surface area contributed by atoms with Gasteiger partial charge in [-0.1, -0.05) is 42.0 Å². The van der Waals surface area contributed by atoms with Crippen LogP contribution in [0.5, 0.6) is 0 Å². The van der Waals surface area contributed by atoms with E-state index < -0.39 is 0 Å². The summed E-state index contributed by atoms with van der Waals surface area (Å²) in [6.07, 6.45) is 2.26. The Labute approximate surface area is 129 Å². The molecular formula is C18H29N3. The van der Waals surface area contributed by atoms with Crippen LogP contribution in [0.4, 0.5) is 0 Å². The van der Waals surface area contributed by atoms with E-state index in [-0.39, 0.29) is 0 Å². The molecule has 0 bridgehead atoms. The lowest BCUT2D eigenvalue weighted by atomic mass is 10.1. The molecule has 0 spiro atoms. The smallest absolute Gasteiger partial charge is 0.0193 e. The number of likely N-dealkylation sites (N-methyl/N-ethyl adjacent to an activating group) is 1. The second kappa shape index (κ2) is 8.32. The van der Waals surface area contributed by atoms with Crippen molar-refractivity contribution < 1.29 is 0 Å². The maximum Gasteiger partial charge on any atom is 0.0193 e. The molecule has 1 heterocycles. The largest absolute Gasteiger partial charge is 0.311 e. The van der Waals surface area contributed by atoms with E-state index in [4.69, 9.17) is 0 Å². The highest BCUT2D eigenvalue weighted by molar-refractivity contribution is 5.52. The van der Waals surface area contributed by atoms with Crippen molar-refractivity contribution in [1.29, 1.82) is 0 Å². The minimum Gasteiger partial charge on any atom is -0.311 e. The molecule has 3 heteroatoms. The minimum absolute atomic E-state index is 0.614. The standard InChI is InChI=1S/C18H29N3/c1-16(13-18-7-5-4-6-8-18)14-19-15-17(2)21-11-9-20(3)10-12-21/h4-8,13,17,19H,9-12,14-15H2,1-3H3/b16-13+. The Balaban J connectivity index is 1.70. The molecule has 0 aliphatic carbocycles. The number of benzene rings is 1. The number of piperazine rings is 1. The Bertz CT molecular complexity index is 433. The fraction of sp³-hybridized carbons (Fsp3) is 0.556. The Morgan fingerprint density at radius 3 is 2.52 bits per heavy atom. The SMILES string of the molecule is C/C(=C\c1ccccc1)CNCC(C)N1CCN(C)CC1. The first kappa shape index (κ1) is 16.2. The maximum absolute atomic E-state index is 3.59. The number of hydrogen-bond donors (Lipinski definition) is 1. The van der Waals surface area contributed by atoms with Gasteiger partial charge in [0.05, 0.1) is 0 Å². The van der Waals surface area contributed by atoms with Gasteiger partial charge >= 0.3 is 0 Å². The molecule has 21 heavy (non-hydrogen) atoms. The molecule has 1 aliphatic rings. The average molecular weight is 287 g/mol. The first-order chi connectivity index (χ1) is 10.1. The molecule has 1 fully saturated rings. The van der Waals surface area contributed by atoms with E-state index in [0.29, 0.717) is 6.04 Å². The van der Waals surface area contributed by atoms with Crippen LogP contribution < -0.4 is 5.32 Å². The molecule has 3 nitrogen and oxygen atoms in total. The van der Waals surface area contributed by atoms with Crippen molar-refractivity contribution in [3.63, 3.8) is 0 Å². The quantitative estimate of drug-likeness (QED) is 0.866. The van der Waals surface area contributed by atoms with E-state index in [0.717, 1.165) is 13.1 Å². The van der Waals surface area contributed by atoms with Crippen molar-refractivity contribution in [3.8, 4) is 0 Å². The number of nitrogens with one attached hydrogen (secondary N) is 1. The number of hydrogen-bond acceptors (Lipinski definition) is 3. The first-order valence-corrected chi connectivity index (χ1v) is 8.00. The summed E-state index contributed by atoms with van der Waals surface area (Å²) in [6.45, 7) is 11.3. The normalized spacial score (nSPS) is 19.7. The van der Waals surface area contributed by atoms with Gasteiger partial charge < -0.3 is 10.2 Å². The highest BCUT2D eigenvalue weighted by Gasteiger charge is 2.18. The van der Waals surface area contributed by atoms with Crippen LogP contribution in [-0.2, 0) is 0 Å². The molecule has 1 aliphatic heterocycles. The van der Waals surface area contributed by atoms with Crippen molar-refractivity contribution in [3.05, 3.63) is 41.5 Å². The summed E-state index contributed by atoms with van der Waals surface area (Å²) in [7, 11) is 2.21. The molecule has 0 amide bonds. The Morgan fingerprint density at radius 1 is 1.19 bits per heavy atom. The van der Waals surface area contributed by atoms with Gasteiger partial charge in [0.15, 0.2) is 0 Å². The molecule has 1 unspecified atom stereocenters. The zero-order valence-electron chi connectivity index (χ0n) is 13.7. The van der Waals surface area contributed by atoms with Gasteiger partial charge in [-0.25, -0.2) is 0 Å². The van der Waals surface area contributed by atoms with Crippen LogP contribution in [0, 0.1) is 0 Å². The molecule has 1 aromatic carbocycles. The molecule has 1 N–H and O–H groups in total. The van der Waals surface area contributed by atoms with Gasteiger partial charge in [-0.05, 0) is 26.5 Å². The van der Waals surface area contributed by atoms with E-state index in [9.17, 15) is 0 Å². The highest BCUT2D eigenvalue weighted by atomic mass is 15.3. The molecule has 0 aromatic heterocycles. The van der Waals surface area contributed by atoms with E-state index in [1.807, 2.05) is 0 Å². The molecule has 1 saturated heterocycles. The third-order valence-electron chi connectivity index (χ3n) is 4.22. The average Bonchev–Trinajstić information content (AvgIpc) is 2.49. The van der Waals surface area contributed by atoms with Crippen LogP contribution >= 0.6 is 0 Å². The van der Waals surface area contributed by atoms with E-state index in [1.165, 1.54) is 37.3 Å². The van der Waals surface area contributed by atoms with Gasteiger partial charge in [0.2, 0.25) is 0 Å². The molecule has 116 valence electrons. The van der Waals surface area contributed by atoms with Gasteiger partial charge in [-0.3, -0.25) is 4.90 Å². The molecule has 1 aromatic rings. The lowest BCUT2D eigenvalue weighted by Gasteiger charge is -2.36. The first-order valence-electron chi connectivity index (χ1n) is 8.00.